The van der Waals surface area contributed by atoms with Gasteiger partial charge in [-0.3, -0.25) is 0 Å². The zero-order chi connectivity index (χ0) is 3.58. The Kier molecular flexibility index (Phi) is 8.97. The van der Waals surface area contributed by atoms with Gasteiger partial charge in [0.25, 0.3) is 0 Å². The summed E-state index contributed by atoms with van der Waals surface area (Å²) >= 11 is 0. The Labute approximate surface area is 70.7 Å². The molecule has 0 unspecified atom stereocenters. The molecule has 0 spiro atoms. The summed E-state index contributed by atoms with van der Waals surface area (Å²) in [4.78, 5) is 8.25. The fourth-order valence-corrected chi connectivity index (χ4v) is 0. The van der Waals surface area contributed by atoms with Crippen LogP contribution in [0.3, 0.4) is 0 Å². The molecule has 0 fully saturated rings. The molecule has 4 nitrogen and oxygen atoms in total. The van der Waals surface area contributed by atoms with Crippen LogP contribution in [0.15, 0.2) is 0 Å². The number of hydrogen-bond donors (Lipinski definition) is 0. The Morgan fingerprint density at radius 3 is 1.40 bits per heavy atom. The summed E-state index contributed by atoms with van der Waals surface area (Å²) in [6, 6.07) is 0. The first kappa shape index (κ1) is 9.28. The predicted molar refractivity (Wildman–Crippen MR) is 10.4 cm³/mol. The minimum absolute atomic E-state index is 0. The van der Waals surface area contributed by atoms with Crippen molar-refractivity contribution in [1.29, 1.82) is 0 Å². The van der Waals surface area contributed by atoms with E-state index in [1.165, 1.54) is 0 Å². The van der Waals surface area contributed by atoms with Crippen molar-refractivity contribution in [2.75, 3.05) is 0 Å². The molecule has 0 rings (SSSR count). The topological polar surface area (TPSA) is 66.2 Å². The Balaban J connectivity index is 0. The molecule has 0 N–H and O–H groups in total. The van der Waals surface area contributed by atoms with Gasteiger partial charge < -0.3 is 15.3 Å². The molecule has 5 heteroatoms. The molecule has 0 aromatic carbocycles. The normalized spacial score (nSPS) is 4.80. The Morgan fingerprint density at radius 2 is 1.40 bits per heavy atom. The molecule has 0 amide bonds. The van der Waals surface area contributed by atoms with Crippen LogP contribution in [0.1, 0.15) is 0 Å². The van der Waals surface area contributed by atoms with Crippen molar-refractivity contribution in [1.82, 2.24) is 0 Å². The van der Waals surface area contributed by atoms with Crippen LogP contribution in [0.5, 0.6) is 0 Å². The van der Waals surface area contributed by atoms with Crippen LogP contribution in [0, 0.1) is 15.3 Å². The van der Waals surface area contributed by atoms with Gasteiger partial charge in [0.15, 0.2) is 0 Å². The summed E-state index contributed by atoms with van der Waals surface area (Å²) in [6.07, 6.45) is 0. The zero-order valence-electron chi connectivity index (χ0n) is 2.67. The molecule has 0 aliphatic carbocycles. The van der Waals surface area contributed by atoms with Gasteiger partial charge in [-0.15, -0.1) is 0 Å². The smallest absolute Gasteiger partial charge is 0.356 e. The maximum atomic E-state index is 8.25. The molecule has 0 atom stereocenters. The number of hydrogen-bond acceptors (Lipinski definition) is 3. The summed E-state index contributed by atoms with van der Waals surface area (Å²) in [5, 5.41) is 14.8. The Morgan fingerprint density at radius 1 is 1.40 bits per heavy atom. The van der Waals surface area contributed by atoms with Gasteiger partial charge in [-0.1, -0.05) is 0 Å². The van der Waals surface area contributed by atoms with E-state index in [0.717, 1.165) is 0 Å². The summed E-state index contributed by atoms with van der Waals surface area (Å²) < 4.78 is 0. The van der Waals surface area contributed by atoms with Crippen LogP contribution in [-0.4, -0.2) is 5.09 Å². The van der Waals surface area contributed by atoms with E-state index in [9.17, 15) is 0 Å². The van der Waals surface area contributed by atoms with Gasteiger partial charge in [0.2, 0.25) is 0 Å². The van der Waals surface area contributed by atoms with Gasteiger partial charge in [-0.2, -0.15) is 0 Å². The molecule has 0 aliphatic rings. The number of rotatable bonds is 0. The van der Waals surface area contributed by atoms with Gasteiger partial charge in [0.05, 0.1) is 5.09 Å². The standard InChI is InChI=1S/K.NO3/c;2-1(3)4/q+1;-1/i;1+1. The van der Waals surface area contributed by atoms with Crippen molar-refractivity contribution < 1.29 is 56.5 Å². The van der Waals surface area contributed by atoms with Gasteiger partial charge in [0, 0.05) is 0 Å². The van der Waals surface area contributed by atoms with Crippen molar-refractivity contribution in [2.24, 2.45) is 0 Å². The fraction of sp³-hybridized carbons (Fsp3) is 0. The van der Waals surface area contributed by atoms with Crippen molar-refractivity contribution in [3.05, 3.63) is 15.3 Å². The first-order chi connectivity index (χ1) is 1.73. The van der Waals surface area contributed by atoms with Crippen LogP contribution in [0.25, 0.3) is 0 Å². The van der Waals surface area contributed by atoms with Gasteiger partial charge >= 0.3 is 51.4 Å². The fourth-order valence-electron chi connectivity index (χ4n) is 0. The predicted octanol–water partition coefficient (Wildman–Crippen LogP) is -3.24. The summed E-state index contributed by atoms with van der Waals surface area (Å²) in [6.45, 7) is 0. The van der Waals surface area contributed by atoms with Crippen molar-refractivity contribution in [3.8, 4) is 0 Å². The van der Waals surface area contributed by atoms with Crippen molar-refractivity contribution in [3.63, 3.8) is 0 Å². The van der Waals surface area contributed by atoms with Crippen LogP contribution < -0.4 is 51.4 Å². The van der Waals surface area contributed by atoms with Gasteiger partial charge in [-0.25, -0.2) is 0 Å². The average Bonchev–Trinajstić information content (AvgIpc) is 0.811. The molecular weight excluding hydrogens is 102 g/mol. The summed E-state index contributed by atoms with van der Waals surface area (Å²) in [5.74, 6) is 0. The van der Waals surface area contributed by atoms with E-state index in [4.69, 9.17) is 15.3 Å². The molecule has 0 radical (unpaired) electrons. The van der Waals surface area contributed by atoms with Crippen molar-refractivity contribution in [2.45, 2.75) is 0 Å². The molecule has 0 aliphatic heterocycles. The SMILES string of the molecule is O=[15N+]([O-])[O-].[K+]. The van der Waals surface area contributed by atoms with E-state index in [0.29, 0.717) is 0 Å². The maximum Gasteiger partial charge on any atom is 1.00 e. The molecule has 0 bridgehead atoms. The first-order valence-electron chi connectivity index (χ1n) is 0.548. The third-order valence-electron chi connectivity index (χ3n) is 0. The second-order valence-corrected chi connectivity index (χ2v) is 0.224. The van der Waals surface area contributed by atoms with E-state index in [1.54, 1.807) is 0 Å². The van der Waals surface area contributed by atoms with Crippen LogP contribution >= 0.6 is 0 Å². The number of nitrogens with zero attached hydrogens (tertiary/aromatic N) is 1. The second kappa shape index (κ2) is 4.84. The second-order valence-electron chi connectivity index (χ2n) is 0.224. The maximum absolute atomic E-state index is 8.25. The minimum Gasteiger partial charge on any atom is -0.356 e. The molecular formula is KNO3. The quantitative estimate of drug-likeness (QED) is 0.140. The van der Waals surface area contributed by atoms with Crippen LogP contribution in [-0.2, 0) is 0 Å². The third-order valence-corrected chi connectivity index (χ3v) is 0. The van der Waals surface area contributed by atoms with Gasteiger partial charge in [0.1, 0.15) is 0 Å². The summed E-state index contributed by atoms with van der Waals surface area (Å²) in [5.41, 5.74) is 0. The molecule has 0 heterocycles. The van der Waals surface area contributed by atoms with Crippen LogP contribution in [0.4, 0.5) is 0 Å². The Hall–Kier alpha value is 0.836. The molecule has 5 heavy (non-hydrogen) atoms. The van der Waals surface area contributed by atoms with E-state index >= 15 is 0 Å². The molecule has 24 valence electrons. The zero-order valence-corrected chi connectivity index (χ0v) is 5.80. The van der Waals surface area contributed by atoms with E-state index < -0.39 is 5.09 Å². The van der Waals surface area contributed by atoms with Crippen molar-refractivity contribution >= 4 is 0 Å². The van der Waals surface area contributed by atoms with Crippen LogP contribution in [0.2, 0.25) is 0 Å². The molecule has 0 aromatic rings. The Bertz CT molecular complexity index is 29.9. The summed E-state index contributed by atoms with van der Waals surface area (Å²) in [7, 11) is 0. The first-order valence-corrected chi connectivity index (χ1v) is 0.548. The van der Waals surface area contributed by atoms with E-state index in [-0.39, 0.29) is 51.4 Å². The monoisotopic (exact) mass is 102 g/mol. The molecule has 0 saturated heterocycles. The van der Waals surface area contributed by atoms with Gasteiger partial charge in [-0.05, 0) is 0 Å². The van der Waals surface area contributed by atoms with E-state index in [1.807, 2.05) is 0 Å². The minimum atomic E-state index is -1.75. The molecule has 0 saturated carbocycles. The largest absolute Gasteiger partial charge is 1.00 e. The van der Waals surface area contributed by atoms with E-state index in [2.05, 4.69) is 0 Å². The molecule has 0 aromatic heterocycles. The third kappa shape index (κ3) is 55.6. The average molecular weight is 102 g/mol.